The average molecular weight is 517 g/mol. The molecule has 1 aromatic carbocycles. The van der Waals surface area contributed by atoms with Crippen LogP contribution in [-0.2, 0) is 0 Å². The van der Waals surface area contributed by atoms with Crippen molar-refractivity contribution in [3.63, 3.8) is 0 Å². The van der Waals surface area contributed by atoms with Crippen LogP contribution in [0.2, 0.25) is 10.0 Å². The van der Waals surface area contributed by atoms with Gasteiger partial charge in [-0.2, -0.15) is 5.10 Å². The molecule has 2 aromatic heterocycles. The van der Waals surface area contributed by atoms with Crippen molar-refractivity contribution in [3.8, 4) is 0 Å². The van der Waals surface area contributed by atoms with E-state index < -0.39 is 0 Å². The van der Waals surface area contributed by atoms with Crippen LogP contribution in [0.5, 0.6) is 0 Å². The highest BCUT2D eigenvalue weighted by Gasteiger charge is 2.36. The van der Waals surface area contributed by atoms with E-state index >= 15 is 0 Å². The molecule has 3 aromatic rings. The topological polar surface area (TPSA) is 76.1 Å². The van der Waals surface area contributed by atoms with E-state index in [0.717, 1.165) is 60.7 Å². The molecule has 2 N–H and O–H groups in total. The van der Waals surface area contributed by atoms with Gasteiger partial charge in [-0.05, 0) is 76.2 Å². The fraction of sp³-hybridized carbons (Fsp3) is 0.577. The van der Waals surface area contributed by atoms with Gasteiger partial charge in [0.05, 0.1) is 17.9 Å². The van der Waals surface area contributed by atoms with Gasteiger partial charge in [-0.15, -0.1) is 0 Å². The zero-order chi connectivity index (χ0) is 24.7. The number of anilines is 1. The quantitative estimate of drug-likeness (QED) is 0.493. The van der Waals surface area contributed by atoms with Crippen LogP contribution in [0, 0.1) is 12.8 Å². The summed E-state index contributed by atoms with van der Waals surface area (Å²) in [4.78, 5) is 15.0. The maximum Gasteiger partial charge on any atom is 0.179 e. The summed E-state index contributed by atoms with van der Waals surface area (Å²) in [5, 5.41) is 6.03. The van der Waals surface area contributed by atoms with Gasteiger partial charge in [0.25, 0.3) is 0 Å². The number of benzene rings is 1. The van der Waals surface area contributed by atoms with Crippen LogP contribution in [-0.4, -0.2) is 62.9 Å². The van der Waals surface area contributed by atoms with Crippen molar-refractivity contribution < 1.29 is 0 Å². The average Bonchev–Trinajstić information content (AvgIpc) is 3.43. The van der Waals surface area contributed by atoms with E-state index in [1.54, 1.807) is 6.07 Å². The van der Waals surface area contributed by atoms with E-state index in [1.807, 2.05) is 29.9 Å². The molecule has 0 radical (unpaired) electrons. The van der Waals surface area contributed by atoms with E-state index in [1.165, 1.54) is 19.4 Å². The largest absolute Gasteiger partial charge is 0.355 e. The number of rotatable bonds is 6. The maximum atomic E-state index is 6.52. The van der Waals surface area contributed by atoms with Gasteiger partial charge in [0.2, 0.25) is 0 Å². The normalized spacial score (nSPS) is 24.4. The second-order valence-electron chi connectivity index (χ2n) is 10.2. The van der Waals surface area contributed by atoms with Gasteiger partial charge in [0, 0.05) is 35.2 Å². The number of halogens is 2. The molecule has 2 fully saturated rings. The summed E-state index contributed by atoms with van der Waals surface area (Å²) in [5.74, 6) is 1.47. The maximum absolute atomic E-state index is 6.52. The Morgan fingerprint density at radius 2 is 2.03 bits per heavy atom. The molecule has 7 nitrogen and oxygen atoms in total. The van der Waals surface area contributed by atoms with Gasteiger partial charge >= 0.3 is 0 Å². The Labute approximate surface area is 217 Å². The molecule has 5 rings (SSSR count). The highest BCUT2D eigenvalue weighted by molar-refractivity contribution is 6.35. The van der Waals surface area contributed by atoms with Crippen molar-refractivity contribution in [2.45, 2.75) is 64.6 Å². The number of aromatic nitrogens is 4. The number of likely N-dealkylation sites (tertiary alicyclic amines) is 1. The van der Waals surface area contributed by atoms with Crippen molar-refractivity contribution in [2.75, 3.05) is 31.1 Å². The van der Waals surface area contributed by atoms with Gasteiger partial charge in [-0.25, -0.2) is 14.6 Å². The fourth-order valence-electron chi connectivity index (χ4n) is 6.07. The lowest BCUT2D eigenvalue weighted by molar-refractivity contribution is 0.112. The Morgan fingerprint density at radius 1 is 1.20 bits per heavy atom. The third-order valence-corrected chi connectivity index (χ3v) is 8.43. The predicted molar refractivity (Wildman–Crippen MR) is 144 cm³/mol. The first kappa shape index (κ1) is 24.8. The Hall–Kier alpha value is -1.93. The van der Waals surface area contributed by atoms with Gasteiger partial charge < -0.3 is 10.6 Å². The van der Waals surface area contributed by atoms with Crippen molar-refractivity contribution >= 4 is 40.2 Å². The van der Waals surface area contributed by atoms with E-state index in [4.69, 9.17) is 44.0 Å². The second-order valence-corrected chi connectivity index (χ2v) is 11.0. The minimum absolute atomic E-state index is 0.0974. The van der Waals surface area contributed by atoms with Crippen LogP contribution < -0.4 is 10.6 Å². The minimum atomic E-state index is -0.0974. The van der Waals surface area contributed by atoms with Crippen LogP contribution in [0.25, 0.3) is 11.2 Å². The van der Waals surface area contributed by atoms with E-state index in [-0.39, 0.29) is 6.04 Å². The summed E-state index contributed by atoms with van der Waals surface area (Å²) >= 11 is 12.6. The Bertz CT molecular complexity index is 1200. The van der Waals surface area contributed by atoms with E-state index in [2.05, 4.69) is 23.6 Å². The molecule has 2 saturated heterocycles. The van der Waals surface area contributed by atoms with Gasteiger partial charge in [-0.3, -0.25) is 4.90 Å². The van der Waals surface area contributed by atoms with Gasteiger partial charge in [0.1, 0.15) is 11.3 Å². The summed E-state index contributed by atoms with van der Waals surface area (Å²) in [5.41, 5.74) is 9.33. The lowest BCUT2D eigenvalue weighted by Gasteiger charge is -2.43. The zero-order valence-electron chi connectivity index (χ0n) is 20.8. The van der Waals surface area contributed by atoms with E-state index in [0.29, 0.717) is 28.0 Å². The number of fused-ring (bicyclic) bond motifs is 1. The third kappa shape index (κ3) is 4.76. The van der Waals surface area contributed by atoms with Crippen LogP contribution in [0.1, 0.15) is 56.8 Å². The molecule has 0 aliphatic carbocycles. The lowest BCUT2D eigenvalue weighted by atomic mass is 9.91. The number of hydrogen-bond donors (Lipinski definition) is 1. The van der Waals surface area contributed by atoms with Crippen molar-refractivity contribution in [2.24, 2.45) is 11.7 Å². The summed E-state index contributed by atoms with van der Waals surface area (Å²) < 4.78 is 1.94. The van der Waals surface area contributed by atoms with Gasteiger partial charge in [-0.1, -0.05) is 36.2 Å². The minimum Gasteiger partial charge on any atom is -0.355 e. The lowest BCUT2D eigenvalue weighted by Crippen LogP contribution is -2.52. The molecule has 4 unspecified atom stereocenters. The molecular weight excluding hydrogens is 481 g/mol. The Kier molecular flexibility index (Phi) is 7.22. The van der Waals surface area contributed by atoms with Crippen molar-refractivity contribution in [1.82, 2.24) is 24.6 Å². The van der Waals surface area contributed by atoms with E-state index in [9.17, 15) is 0 Å². The molecule has 2 aliphatic rings. The van der Waals surface area contributed by atoms with Crippen molar-refractivity contribution in [1.29, 1.82) is 0 Å². The van der Waals surface area contributed by atoms with Crippen LogP contribution in [0.4, 0.5) is 5.82 Å². The number of nitrogens with zero attached hydrogens (tertiary/aromatic N) is 6. The smallest absolute Gasteiger partial charge is 0.179 e. The molecule has 0 spiro atoms. The molecule has 2 aliphatic heterocycles. The standard InChI is InChI=1S/C26H35Cl2N7/c1-16-15-33(12-9-23(16)34-11-4-5-20(34)8-10-29)24-14-30-25-17(2)32-35(26(25)31-24)18(3)21-7-6-19(27)13-22(21)28/h6-7,13-14,16,18,20,23H,4-5,8-12,15,29H2,1-3H3. The summed E-state index contributed by atoms with van der Waals surface area (Å²) in [6.07, 6.45) is 6.72. The molecule has 0 saturated carbocycles. The molecule has 35 heavy (non-hydrogen) atoms. The molecule has 4 heterocycles. The molecule has 0 bridgehead atoms. The molecule has 4 atom stereocenters. The number of piperidine rings is 1. The number of nitrogens with two attached hydrogens (primary N) is 1. The third-order valence-electron chi connectivity index (χ3n) is 7.87. The van der Waals surface area contributed by atoms with Crippen LogP contribution >= 0.6 is 23.2 Å². The van der Waals surface area contributed by atoms with Gasteiger partial charge in [0.15, 0.2) is 5.65 Å². The molecule has 9 heteroatoms. The number of aryl methyl sites for hydroxylation is 1. The van der Waals surface area contributed by atoms with Crippen molar-refractivity contribution in [3.05, 3.63) is 45.7 Å². The zero-order valence-corrected chi connectivity index (χ0v) is 22.3. The Balaban J connectivity index is 1.39. The summed E-state index contributed by atoms with van der Waals surface area (Å²) in [6, 6.07) is 6.75. The van der Waals surface area contributed by atoms with Crippen LogP contribution in [0.3, 0.4) is 0 Å². The Morgan fingerprint density at radius 3 is 2.77 bits per heavy atom. The molecular formula is C26H35Cl2N7. The SMILES string of the molecule is Cc1nn(C(C)c2ccc(Cl)cc2Cl)c2nc(N3CCC(N4CCCC4CCN)C(C)C3)cnc12. The highest BCUT2D eigenvalue weighted by Crippen LogP contribution is 2.33. The first-order valence-corrected chi connectivity index (χ1v) is 13.5. The molecule has 0 amide bonds. The summed E-state index contributed by atoms with van der Waals surface area (Å²) in [7, 11) is 0. The first-order valence-electron chi connectivity index (χ1n) is 12.7. The first-order chi connectivity index (χ1) is 16.9. The predicted octanol–water partition coefficient (Wildman–Crippen LogP) is 5.08. The molecule has 188 valence electrons. The fourth-order valence-corrected chi connectivity index (χ4v) is 6.63. The summed E-state index contributed by atoms with van der Waals surface area (Å²) in [6.45, 7) is 10.4. The second kappa shape index (κ2) is 10.2. The van der Waals surface area contributed by atoms with Crippen LogP contribution in [0.15, 0.2) is 24.4 Å². The monoisotopic (exact) mass is 515 g/mol. The highest BCUT2D eigenvalue weighted by atomic mass is 35.5. The number of hydrogen-bond acceptors (Lipinski definition) is 6.